The first-order chi connectivity index (χ1) is 15.3. The Balaban J connectivity index is 1.54. The molecule has 7 nitrogen and oxygen atoms in total. The van der Waals surface area contributed by atoms with Crippen LogP contribution in [0, 0.1) is 5.82 Å². The van der Waals surface area contributed by atoms with Crippen molar-refractivity contribution in [1.82, 2.24) is 9.21 Å². The Bertz CT molecular complexity index is 993. The van der Waals surface area contributed by atoms with Crippen LogP contribution in [0.5, 0.6) is 0 Å². The molecule has 1 aliphatic heterocycles. The van der Waals surface area contributed by atoms with Gasteiger partial charge in [0.2, 0.25) is 15.9 Å². The minimum Gasteiger partial charge on any atom is -0.372 e. The molecule has 1 fully saturated rings. The fourth-order valence-corrected chi connectivity index (χ4v) is 5.32. The van der Waals surface area contributed by atoms with Crippen LogP contribution in [0.2, 0.25) is 0 Å². The van der Waals surface area contributed by atoms with Gasteiger partial charge in [-0.2, -0.15) is 4.31 Å². The molecule has 1 N–H and O–H groups in total. The normalized spacial score (nSPS) is 15.8. The molecule has 2 aromatic carbocycles. The Morgan fingerprint density at radius 1 is 0.969 bits per heavy atom. The molecule has 1 saturated heterocycles. The fourth-order valence-electron chi connectivity index (χ4n) is 3.85. The number of carbonyl (C=O) groups excluding carboxylic acids is 1. The van der Waals surface area contributed by atoms with Crippen LogP contribution >= 0.6 is 0 Å². The molecule has 1 amide bonds. The van der Waals surface area contributed by atoms with Gasteiger partial charge in [-0.15, -0.1) is 0 Å². The number of carbonyl (C=O) groups is 1. The minimum absolute atomic E-state index is 0.0817. The molecule has 32 heavy (non-hydrogen) atoms. The van der Waals surface area contributed by atoms with E-state index < -0.39 is 15.8 Å². The lowest BCUT2D eigenvalue weighted by Gasteiger charge is -2.22. The van der Waals surface area contributed by atoms with Gasteiger partial charge >= 0.3 is 0 Å². The van der Waals surface area contributed by atoms with Crippen LogP contribution in [0.15, 0.2) is 53.4 Å². The average Bonchev–Trinajstić information content (AvgIpc) is 3.02. The molecule has 174 valence electrons. The topological polar surface area (TPSA) is 73.0 Å². The number of hydrogen-bond acceptors (Lipinski definition) is 5. The predicted molar refractivity (Wildman–Crippen MR) is 125 cm³/mol. The van der Waals surface area contributed by atoms with Crippen molar-refractivity contribution in [2.24, 2.45) is 0 Å². The van der Waals surface area contributed by atoms with E-state index >= 15 is 0 Å². The van der Waals surface area contributed by atoms with Gasteiger partial charge in [-0.1, -0.05) is 0 Å². The van der Waals surface area contributed by atoms with Crippen molar-refractivity contribution >= 4 is 27.3 Å². The number of rotatable bonds is 8. The molecule has 0 spiro atoms. The second-order valence-corrected chi connectivity index (χ2v) is 9.69. The van der Waals surface area contributed by atoms with E-state index in [1.165, 1.54) is 16.4 Å². The molecule has 1 heterocycles. The van der Waals surface area contributed by atoms with Crippen molar-refractivity contribution < 1.29 is 17.6 Å². The van der Waals surface area contributed by atoms with Crippen LogP contribution in [0.4, 0.5) is 15.8 Å². The first-order valence-corrected chi connectivity index (χ1v) is 12.4. The Kier molecular flexibility index (Phi) is 8.22. The molecule has 0 bridgehead atoms. The van der Waals surface area contributed by atoms with Gasteiger partial charge in [0.15, 0.2) is 0 Å². The van der Waals surface area contributed by atoms with Crippen LogP contribution in [0.25, 0.3) is 0 Å². The van der Waals surface area contributed by atoms with E-state index in [2.05, 4.69) is 24.1 Å². The third-order valence-corrected chi connectivity index (χ3v) is 7.56. The highest BCUT2D eigenvalue weighted by atomic mass is 32.2. The van der Waals surface area contributed by atoms with Gasteiger partial charge in [-0.25, -0.2) is 12.8 Å². The first-order valence-electron chi connectivity index (χ1n) is 11.0. The quantitative estimate of drug-likeness (QED) is 0.653. The molecule has 3 rings (SSSR count). The summed E-state index contributed by atoms with van der Waals surface area (Å²) in [4.78, 5) is 16.8. The predicted octanol–water partition coefficient (Wildman–Crippen LogP) is 3.01. The Hall–Kier alpha value is -2.49. The van der Waals surface area contributed by atoms with Crippen molar-refractivity contribution in [2.45, 2.75) is 25.2 Å². The highest BCUT2D eigenvalue weighted by molar-refractivity contribution is 7.89. The van der Waals surface area contributed by atoms with E-state index in [1.807, 2.05) is 29.2 Å². The van der Waals surface area contributed by atoms with Crippen molar-refractivity contribution in [1.29, 1.82) is 0 Å². The molecular weight excluding hydrogens is 431 g/mol. The number of nitrogens with zero attached hydrogens (tertiary/aromatic N) is 3. The fraction of sp³-hybridized carbons (Fsp3) is 0.435. The second-order valence-electron chi connectivity index (χ2n) is 7.76. The summed E-state index contributed by atoms with van der Waals surface area (Å²) in [6.45, 7) is 7.98. The van der Waals surface area contributed by atoms with Gasteiger partial charge < -0.3 is 10.2 Å². The number of halogens is 1. The SMILES string of the molecule is CCN(CC)c1ccc(NC(=O)CN2CCCN(S(=O)(=O)c3ccc(F)cc3)CC2)cc1. The van der Waals surface area contributed by atoms with E-state index in [0.717, 1.165) is 36.6 Å². The smallest absolute Gasteiger partial charge is 0.243 e. The summed E-state index contributed by atoms with van der Waals surface area (Å²) in [5, 5.41) is 2.92. The molecule has 2 aromatic rings. The molecule has 0 aliphatic carbocycles. The van der Waals surface area contributed by atoms with Crippen LogP contribution < -0.4 is 10.2 Å². The highest BCUT2D eigenvalue weighted by Crippen LogP contribution is 2.19. The number of anilines is 2. The van der Waals surface area contributed by atoms with Gasteiger partial charge in [0.05, 0.1) is 11.4 Å². The van der Waals surface area contributed by atoms with Crippen molar-refractivity contribution in [3.8, 4) is 0 Å². The number of hydrogen-bond donors (Lipinski definition) is 1. The third-order valence-electron chi connectivity index (χ3n) is 5.65. The third kappa shape index (κ3) is 6.05. The summed E-state index contributed by atoms with van der Waals surface area (Å²) in [6.07, 6.45) is 0.617. The summed E-state index contributed by atoms with van der Waals surface area (Å²) in [7, 11) is -3.68. The summed E-state index contributed by atoms with van der Waals surface area (Å²) in [5.41, 5.74) is 1.85. The number of amides is 1. The van der Waals surface area contributed by atoms with Crippen molar-refractivity contribution in [2.75, 3.05) is 56.0 Å². The molecule has 0 radical (unpaired) electrons. The minimum atomic E-state index is -3.68. The van der Waals surface area contributed by atoms with Gasteiger partial charge in [-0.3, -0.25) is 9.69 Å². The maximum atomic E-state index is 13.1. The Morgan fingerprint density at radius 2 is 1.62 bits per heavy atom. The van der Waals surface area contributed by atoms with E-state index in [4.69, 9.17) is 0 Å². The summed E-state index contributed by atoms with van der Waals surface area (Å²) >= 11 is 0. The monoisotopic (exact) mass is 462 g/mol. The second kappa shape index (κ2) is 10.9. The van der Waals surface area contributed by atoms with E-state index in [0.29, 0.717) is 26.1 Å². The van der Waals surface area contributed by atoms with Crippen molar-refractivity contribution in [3.63, 3.8) is 0 Å². The van der Waals surface area contributed by atoms with Gasteiger partial charge in [-0.05, 0) is 75.3 Å². The summed E-state index contributed by atoms with van der Waals surface area (Å²) in [6, 6.07) is 12.6. The molecule has 0 aromatic heterocycles. The number of nitrogens with one attached hydrogen (secondary N) is 1. The molecule has 0 atom stereocenters. The van der Waals surface area contributed by atoms with Gasteiger partial charge in [0, 0.05) is 44.1 Å². The van der Waals surface area contributed by atoms with Gasteiger partial charge in [0.1, 0.15) is 5.82 Å². The molecule has 0 saturated carbocycles. The van der Waals surface area contributed by atoms with E-state index in [9.17, 15) is 17.6 Å². The number of sulfonamides is 1. The maximum Gasteiger partial charge on any atom is 0.243 e. The maximum absolute atomic E-state index is 13.1. The lowest BCUT2D eigenvalue weighted by atomic mass is 10.2. The lowest BCUT2D eigenvalue weighted by Crippen LogP contribution is -2.38. The molecule has 0 unspecified atom stereocenters. The van der Waals surface area contributed by atoms with Crippen LogP contribution in [-0.2, 0) is 14.8 Å². The summed E-state index contributed by atoms with van der Waals surface area (Å²) < 4.78 is 40.2. The van der Waals surface area contributed by atoms with Crippen LogP contribution in [0.1, 0.15) is 20.3 Å². The largest absolute Gasteiger partial charge is 0.372 e. The Labute approximate surface area is 189 Å². The first kappa shape index (κ1) is 24.2. The van der Waals surface area contributed by atoms with E-state index in [1.54, 1.807) is 0 Å². The zero-order valence-electron chi connectivity index (χ0n) is 18.6. The molecule has 9 heteroatoms. The molecule has 1 aliphatic rings. The Morgan fingerprint density at radius 3 is 2.25 bits per heavy atom. The zero-order chi connectivity index (χ0) is 23.1. The van der Waals surface area contributed by atoms with Crippen LogP contribution in [0.3, 0.4) is 0 Å². The summed E-state index contributed by atoms with van der Waals surface area (Å²) in [5.74, 6) is -0.602. The lowest BCUT2D eigenvalue weighted by molar-refractivity contribution is -0.117. The average molecular weight is 463 g/mol. The standard InChI is InChI=1S/C23H31FN4O3S/c1-3-27(4-2)21-10-8-20(9-11-21)25-23(29)18-26-14-5-15-28(17-16-26)32(30,31)22-12-6-19(24)7-13-22/h6-13H,3-5,14-18H2,1-2H3,(H,25,29). The highest BCUT2D eigenvalue weighted by Gasteiger charge is 2.27. The molecular formula is C23H31FN4O3S. The van der Waals surface area contributed by atoms with Crippen molar-refractivity contribution in [3.05, 3.63) is 54.3 Å². The van der Waals surface area contributed by atoms with Crippen LogP contribution in [-0.4, -0.2) is 69.3 Å². The number of benzene rings is 2. The van der Waals surface area contributed by atoms with Gasteiger partial charge in [0.25, 0.3) is 0 Å². The zero-order valence-corrected chi connectivity index (χ0v) is 19.4. The van der Waals surface area contributed by atoms with E-state index in [-0.39, 0.29) is 23.9 Å².